The van der Waals surface area contributed by atoms with E-state index in [0.717, 1.165) is 18.9 Å². The first-order chi connectivity index (χ1) is 8.56. The third-order valence-electron chi connectivity index (χ3n) is 3.41. The largest absolute Gasteiger partial charge is 0.337 e. The number of carbonyl (C=O) groups is 1. The summed E-state index contributed by atoms with van der Waals surface area (Å²) in [7, 11) is 1.59. The average Bonchev–Trinajstić information content (AvgIpc) is 3.17. The van der Waals surface area contributed by atoms with Crippen molar-refractivity contribution in [2.45, 2.75) is 18.9 Å². The fourth-order valence-corrected chi connectivity index (χ4v) is 2.16. The molecule has 5 heteroatoms. The van der Waals surface area contributed by atoms with Crippen LogP contribution < -0.4 is 5.73 Å². The number of carbonyl (C=O) groups excluding carboxylic acids is 1. The second-order valence-electron chi connectivity index (χ2n) is 4.66. The molecule has 3 nitrogen and oxygen atoms in total. The van der Waals surface area contributed by atoms with Crippen LogP contribution in [0.25, 0.3) is 0 Å². The predicted octanol–water partition coefficient (Wildman–Crippen LogP) is 1.77. The van der Waals surface area contributed by atoms with Crippen molar-refractivity contribution in [2.24, 2.45) is 11.7 Å². The molecule has 2 N–H and O–H groups in total. The summed E-state index contributed by atoms with van der Waals surface area (Å²) in [5.41, 5.74) is 5.40. The third kappa shape index (κ3) is 2.36. The van der Waals surface area contributed by atoms with Crippen LogP contribution in [0.15, 0.2) is 18.2 Å². The van der Waals surface area contributed by atoms with Crippen molar-refractivity contribution in [3.8, 4) is 0 Å². The van der Waals surface area contributed by atoms with Gasteiger partial charge in [0, 0.05) is 19.6 Å². The van der Waals surface area contributed by atoms with Crippen LogP contribution in [-0.2, 0) is 0 Å². The number of rotatable bonds is 4. The molecule has 1 saturated carbocycles. The number of nitrogens with two attached hydrogens (primary N) is 1. The molecule has 0 spiro atoms. The van der Waals surface area contributed by atoms with Gasteiger partial charge in [-0.25, -0.2) is 8.78 Å². The standard InChI is InChI=1S/C13H16F2N2O/c1-17(11(7-16)8-5-6-8)13(18)9-3-2-4-10(14)12(9)15/h2-4,8,11H,5-7,16H2,1H3. The van der Waals surface area contributed by atoms with Crippen LogP contribution in [0.2, 0.25) is 0 Å². The topological polar surface area (TPSA) is 46.3 Å². The minimum Gasteiger partial charge on any atom is -0.337 e. The number of amides is 1. The zero-order valence-corrected chi connectivity index (χ0v) is 10.2. The van der Waals surface area contributed by atoms with Crippen LogP contribution in [0.4, 0.5) is 8.78 Å². The number of nitrogens with zero attached hydrogens (tertiary/aromatic N) is 1. The summed E-state index contributed by atoms with van der Waals surface area (Å²) < 4.78 is 26.6. The summed E-state index contributed by atoms with van der Waals surface area (Å²) in [6.07, 6.45) is 2.07. The Morgan fingerprint density at radius 1 is 1.50 bits per heavy atom. The molecule has 1 unspecified atom stereocenters. The fourth-order valence-electron chi connectivity index (χ4n) is 2.16. The van der Waals surface area contributed by atoms with Crippen LogP contribution in [-0.4, -0.2) is 30.4 Å². The molecular formula is C13H16F2N2O. The minimum absolute atomic E-state index is 0.0971. The van der Waals surface area contributed by atoms with Gasteiger partial charge in [0.05, 0.1) is 5.56 Å². The molecule has 1 aromatic carbocycles. The molecular weight excluding hydrogens is 238 g/mol. The lowest BCUT2D eigenvalue weighted by Gasteiger charge is -2.27. The number of halogens is 2. The van der Waals surface area contributed by atoms with Gasteiger partial charge < -0.3 is 10.6 Å². The van der Waals surface area contributed by atoms with Gasteiger partial charge in [0.15, 0.2) is 11.6 Å². The molecule has 1 atom stereocenters. The molecule has 1 aromatic rings. The molecule has 1 fully saturated rings. The Hall–Kier alpha value is -1.49. The van der Waals surface area contributed by atoms with Gasteiger partial charge in [-0.2, -0.15) is 0 Å². The van der Waals surface area contributed by atoms with Crippen molar-refractivity contribution < 1.29 is 13.6 Å². The van der Waals surface area contributed by atoms with Crippen LogP contribution in [0.5, 0.6) is 0 Å². The maximum absolute atomic E-state index is 13.5. The Morgan fingerprint density at radius 3 is 2.72 bits per heavy atom. The first kappa shape index (κ1) is 13.0. The smallest absolute Gasteiger partial charge is 0.256 e. The summed E-state index contributed by atoms with van der Waals surface area (Å²) in [6, 6.07) is 3.51. The highest BCUT2D eigenvalue weighted by molar-refractivity contribution is 5.94. The van der Waals surface area contributed by atoms with E-state index in [-0.39, 0.29) is 11.6 Å². The van der Waals surface area contributed by atoms with Crippen molar-refractivity contribution >= 4 is 5.91 Å². The lowest BCUT2D eigenvalue weighted by molar-refractivity contribution is 0.0713. The van der Waals surface area contributed by atoms with Crippen molar-refractivity contribution in [3.05, 3.63) is 35.4 Å². The van der Waals surface area contributed by atoms with Gasteiger partial charge in [-0.05, 0) is 30.9 Å². The summed E-state index contributed by atoms with van der Waals surface area (Å²) in [5, 5.41) is 0. The molecule has 98 valence electrons. The minimum atomic E-state index is -1.10. The van der Waals surface area contributed by atoms with Crippen molar-refractivity contribution in [2.75, 3.05) is 13.6 Å². The molecule has 18 heavy (non-hydrogen) atoms. The monoisotopic (exact) mass is 254 g/mol. The Balaban J connectivity index is 2.22. The van der Waals surface area contributed by atoms with Crippen LogP contribution in [0.3, 0.4) is 0 Å². The van der Waals surface area contributed by atoms with Gasteiger partial charge >= 0.3 is 0 Å². The first-order valence-electron chi connectivity index (χ1n) is 5.97. The molecule has 2 rings (SSSR count). The highest BCUT2D eigenvalue weighted by Crippen LogP contribution is 2.35. The molecule has 0 aliphatic heterocycles. The summed E-state index contributed by atoms with van der Waals surface area (Å²) in [4.78, 5) is 13.5. The van der Waals surface area contributed by atoms with Gasteiger partial charge in [0.25, 0.3) is 5.91 Å². The van der Waals surface area contributed by atoms with E-state index in [1.807, 2.05) is 0 Å². The van der Waals surface area contributed by atoms with E-state index < -0.39 is 17.5 Å². The van der Waals surface area contributed by atoms with Crippen molar-refractivity contribution in [3.63, 3.8) is 0 Å². The number of hydrogen-bond acceptors (Lipinski definition) is 2. The Morgan fingerprint density at radius 2 is 2.17 bits per heavy atom. The lowest BCUT2D eigenvalue weighted by Crippen LogP contribution is -2.43. The molecule has 0 heterocycles. The van der Waals surface area contributed by atoms with Gasteiger partial charge in [0.1, 0.15) is 0 Å². The first-order valence-corrected chi connectivity index (χ1v) is 5.97. The Bertz CT molecular complexity index is 460. The number of likely N-dealkylation sites (N-methyl/N-ethyl adjacent to an activating group) is 1. The zero-order chi connectivity index (χ0) is 13.3. The molecule has 1 aliphatic rings. The van der Waals surface area contributed by atoms with E-state index in [2.05, 4.69) is 0 Å². The van der Waals surface area contributed by atoms with E-state index >= 15 is 0 Å². The second-order valence-corrected chi connectivity index (χ2v) is 4.66. The Labute approximate surface area is 105 Å². The van der Waals surface area contributed by atoms with E-state index in [9.17, 15) is 13.6 Å². The van der Waals surface area contributed by atoms with Crippen molar-refractivity contribution in [1.29, 1.82) is 0 Å². The van der Waals surface area contributed by atoms with E-state index in [1.165, 1.54) is 17.0 Å². The molecule has 0 radical (unpaired) electrons. The fraction of sp³-hybridized carbons (Fsp3) is 0.462. The number of benzene rings is 1. The summed E-state index contributed by atoms with van der Waals surface area (Å²) in [5.74, 6) is -2.24. The third-order valence-corrected chi connectivity index (χ3v) is 3.41. The molecule has 0 aromatic heterocycles. The van der Waals surface area contributed by atoms with Gasteiger partial charge in [0.2, 0.25) is 0 Å². The zero-order valence-electron chi connectivity index (χ0n) is 10.2. The lowest BCUT2D eigenvalue weighted by atomic mass is 10.1. The van der Waals surface area contributed by atoms with Gasteiger partial charge in [-0.15, -0.1) is 0 Å². The van der Waals surface area contributed by atoms with E-state index in [0.29, 0.717) is 12.5 Å². The average molecular weight is 254 g/mol. The highest BCUT2D eigenvalue weighted by Gasteiger charge is 2.35. The maximum atomic E-state index is 13.5. The van der Waals surface area contributed by atoms with E-state index in [4.69, 9.17) is 5.73 Å². The Kier molecular flexibility index (Phi) is 3.61. The SMILES string of the molecule is CN(C(=O)c1cccc(F)c1F)C(CN)C1CC1. The second kappa shape index (κ2) is 5.02. The maximum Gasteiger partial charge on any atom is 0.256 e. The summed E-state index contributed by atoms with van der Waals surface area (Å²) in [6.45, 7) is 0.337. The summed E-state index contributed by atoms with van der Waals surface area (Å²) >= 11 is 0. The van der Waals surface area contributed by atoms with Crippen molar-refractivity contribution in [1.82, 2.24) is 4.90 Å². The quantitative estimate of drug-likeness (QED) is 0.890. The molecule has 1 aliphatic carbocycles. The van der Waals surface area contributed by atoms with Gasteiger partial charge in [-0.1, -0.05) is 6.07 Å². The predicted molar refractivity (Wildman–Crippen MR) is 64.0 cm³/mol. The number of hydrogen-bond donors (Lipinski definition) is 1. The van der Waals surface area contributed by atoms with Gasteiger partial charge in [-0.3, -0.25) is 4.79 Å². The van der Waals surface area contributed by atoms with Crippen LogP contribution >= 0.6 is 0 Å². The molecule has 1 amide bonds. The highest BCUT2D eigenvalue weighted by atomic mass is 19.2. The molecule has 0 bridgehead atoms. The van der Waals surface area contributed by atoms with Crippen LogP contribution in [0, 0.1) is 17.6 Å². The normalized spacial score (nSPS) is 16.4. The van der Waals surface area contributed by atoms with E-state index in [1.54, 1.807) is 7.05 Å². The molecule has 0 saturated heterocycles. The van der Waals surface area contributed by atoms with Crippen LogP contribution in [0.1, 0.15) is 23.2 Å².